The molecule has 2 heteroatoms. The number of aryl methyl sites for hydroxylation is 1. The highest BCUT2D eigenvalue weighted by molar-refractivity contribution is 5.72. The van der Waals surface area contributed by atoms with E-state index in [1.807, 2.05) is 6.20 Å². The molecular weight excluding hydrogens is 304 g/mol. The zero-order valence-electron chi connectivity index (χ0n) is 15.0. The number of anilines is 2. The molecule has 0 N–H and O–H groups in total. The predicted octanol–water partition coefficient (Wildman–Crippen LogP) is 5.24. The van der Waals surface area contributed by atoms with E-state index in [9.17, 15) is 0 Å². The molecule has 4 saturated carbocycles. The number of fused-ring (bicyclic) bond motifs is 1. The molecule has 4 fully saturated rings. The summed E-state index contributed by atoms with van der Waals surface area (Å²) in [5, 5.41) is 0. The number of aromatic nitrogens is 1. The van der Waals surface area contributed by atoms with Crippen LogP contribution in [0.2, 0.25) is 0 Å². The van der Waals surface area contributed by atoms with Crippen LogP contribution < -0.4 is 4.90 Å². The van der Waals surface area contributed by atoms with Crippen molar-refractivity contribution in [1.82, 2.24) is 4.98 Å². The summed E-state index contributed by atoms with van der Waals surface area (Å²) in [5.41, 5.74) is 4.64. The maximum absolute atomic E-state index is 4.89. The standard InChI is InChI=1S/C23H26N2/c1-15-5-2-3-7-21(15)25-14-23(20-6-4-8-24-22(20)25)18-10-16-9-17(12-18)13-19(23)11-16/h2-8,16-19H,9-14H2,1H3. The van der Waals surface area contributed by atoms with Crippen LogP contribution in [-0.2, 0) is 5.41 Å². The van der Waals surface area contributed by atoms with E-state index in [0.717, 1.165) is 30.2 Å². The van der Waals surface area contributed by atoms with Crippen LogP contribution in [0.4, 0.5) is 11.5 Å². The molecule has 1 aromatic heterocycles. The van der Waals surface area contributed by atoms with Gasteiger partial charge in [-0.3, -0.25) is 0 Å². The van der Waals surface area contributed by atoms with E-state index in [-0.39, 0.29) is 0 Å². The molecule has 0 unspecified atom stereocenters. The Morgan fingerprint density at radius 2 is 1.64 bits per heavy atom. The maximum atomic E-state index is 4.89. The van der Waals surface area contributed by atoms with Gasteiger partial charge in [-0.25, -0.2) is 4.98 Å². The normalized spacial score (nSPS) is 37.7. The third-order valence-corrected chi connectivity index (χ3v) is 7.96. The van der Waals surface area contributed by atoms with E-state index in [2.05, 4.69) is 48.2 Å². The molecule has 1 spiro atoms. The Kier molecular flexibility index (Phi) is 2.80. The van der Waals surface area contributed by atoms with Gasteiger partial charge in [0.15, 0.2) is 0 Å². The first-order chi connectivity index (χ1) is 12.3. The van der Waals surface area contributed by atoms with Crippen molar-refractivity contribution in [2.45, 2.75) is 44.4 Å². The predicted molar refractivity (Wildman–Crippen MR) is 101 cm³/mol. The summed E-state index contributed by atoms with van der Waals surface area (Å²) in [4.78, 5) is 7.44. The van der Waals surface area contributed by atoms with Gasteiger partial charge in [0.2, 0.25) is 0 Å². The molecule has 0 amide bonds. The highest BCUT2D eigenvalue weighted by atomic mass is 15.2. The van der Waals surface area contributed by atoms with Gasteiger partial charge in [0.05, 0.1) is 0 Å². The number of benzene rings is 1. The first-order valence-corrected chi connectivity index (χ1v) is 10.0. The van der Waals surface area contributed by atoms with Crippen LogP contribution in [0.5, 0.6) is 0 Å². The number of pyridine rings is 1. The van der Waals surface area contributed by atoms with Gasteiger partial charge in [-0.05, 0) is 80.4 Å². The second kappa shape index (κ2) is 4.87. The Labute approximate surface area is 150 Å². The monoisotopic (exact) mass is 330 g/mol. The minimum Gasteiger partial charge on any atom is -0.325 e. The van der Waals surface area contributed by atoms with Gasteiger partial charge in [0.1, 0.15) is 5.82 Å². The lowest BCUT2D eigenvalue weighted by atomic mass is 9.44. The molecule has 0 saturated heterocycles. The third-order valence-electron chi connectivity index (χ3n) is 7.96. The van der Waals surface area contributed by atoms with E-state index in [4.69, 9.17) is 4.98 Å². The Morgan fingerprint density at radius 1 is 0.920 bits per heavy atom. The fourth-order valence-electron chi connectivity index (χ4n) is 7.19. The lowest BCUT2D eigenvalue weighted by Gasteiger charge is -2.60. The van der Waals surface area contributed by atoms with Crippen LogP contribution in [0.25, 0.3) is 0 Å². The molecule has 7 rings (SSSR count). The van der Waals surface area contributed by atoms with Crippen molar-refractivity contribution < 1.29 is 0 Å². The molecule has 5 aliphatic rings. The maximum Gasteiger partial charge on any atom is 0.136 e. The fraction of sp³-hybridized carbons (Fsp3) is 0.522. The van der Waals surface area contributed by atoms with Gasteiger partial charge in [0, 0.05) is 29.4 Å². The van der Waals surface area contributed by atoms with Gasteiger partial charge in [-0.15, -0.1) is 0 Å². The van der Waals surface area contributed by atoms with E-state index >= 15 is 0 Å². The summed E-state index contributed by atoms with van der Waals surface area (Å²) in [5.74, 6) is 5.02. The SMILES string of the molecule is Cc1ccccc1N1CC2(c3cccnc31)C1CC3CC(C1)CC2C3. The van der Waals surface area contributed by atoms with Crippen LogP contribution in [0.3, 0.4) is 0 Å². The molecule has 1 aromatic carbocycles. The van der Waals surface area contributed by atoms with Crippen LogP contribution >= 0.6 is 0 Å². The minimum atomic E-state index is 0.360. The van der Waals surface area contributed by atoms with Crippen LogP contribution in [-0.4, -0.2) is 11.5 Å². The molecule has 2 heterocycles. The lowest BCUT2D eigenvalue weighted by Crippen LogP contribution is -2.57. The zero-order chi connectivity index (χ0) is 16.6. The summed E-state index contributed by atoms with van der Waals surface area (Å²) < 4.78 is 0. The highest BCUT2D eigenvalue weighted by Gasteiger charge is 2.61. The molecule has 2 nitrogen and oxygen atoms in total. The van der Waals surface area contributed by atoms with Gasteiger partial charge in [-0.1, -0.05) is 24.3 Å². The Morgan fingerprint density at radius 3 is 2.36 bits per heavy atom. The quantitative estimate of drug-likeness (QED) is 0.711. The molecule has 4 aliphatic carbocycles. The topological polar surface area (TPSA) is 16.1 Å². The molecule has 1 aliphatic heterocycles. The molecule has 25 heavy (non-hydrogen) atoms. The van der Waals surface area contributed by atoms with Gasteiger partial charge < -0.3 is 4.90 Å². The largest absolute Gasteiger partial charge is 0.325 e. The molecule has 4 bridgehead atoms. The van der Waals surface area contributed by atoms with E-state index < -0.39 is 0 Å². The van der Waals surface area contributed by atoms with Crippen molar-refractivity contribution >= 4 is 11.5 Å². The zero-order valence-corrected chi connectivity index (χ0v) is 15.0. The summed E-state index contributed by atoms with van der Waals surface area (Å²) in [6.45, 7) is 3.39. The summed E-state index contributed by atoms with van der Waals surface area (Å²) >= 11 is 0. The van der Waals surface area contributed by atoms with E-state index in [1.165, 1.54) is 49.2 Å². The Balaban J connectivity index is 1.53. The van der Waals surface area contributed by atoms with Crippen LogP contribution in [0, 0.1) is 30.6 Å². The molecule has 2 aromatic rings. The van der Waals surface area contributed by atoms with Crippen LogP contribution in [0.1, 0.15) is 43.2 Å². The smallest absolute Gasteiger partial charge is 0.136 e. The van der Waals surface area contributed by atoms with Crippen molar-refractivity contribution in [2.24, 2.45) is 23.7 Å². The average molecular weight is 330 g/mol. The lowest BCUT2D eigenvalue weighted by molar-refractivity contribution is -0.0529. The number of nitrogens with zero attached hydrogens (tertiary/aromatic N) is 2. The molecule has 0 radical (unpaired) electrons. The second-order valence-corrected chi connectivity index (χ2v) is 9.09. The summed E-state index contributed by atoms with van der Waals surface area (Å²) in [7, 11) is 0. The Bertz CT molecular complexity index is 811. The summed E-state index contributed by atoms with van der Waals surface area (Å²) in [6.07, 6.45) is 9.35. The van der Waals surface area contributed by atoms with E-state index in [1.54, 1.807) is 5.56 Å². The van der Waals surface area contributed by atoms with E-state index in [0.29, 0.717) is 5.41 Å². The van der Waals surface area contributed by atoms with Crippen LogP contribution in [0.15, 0.2) is 42.6 Å². The first-order valence-electron chi connectivity index (χ1n) is 10.0. The molecule has 0 atom stereocenters. The van der Waals surface area contributed by atoms with Crippen molar-refractivity contribution in [2.75, 3.05) is 11.4 Å². The van der Waals surface area contributed by atoms with Crippen molar-refractivity contribution in [3.63, 3.8) is 0 Å². The molecule has 128 valence electrons. The number of hydrogen-bond donors (Lipinski definition) is 0. The fourth-order valence-corrected chi connectivity index (χ4v) is 7.19. The van der Waals surface area contributed by atoms with Crippen molar-refractivity contribution in [1.29, 1.82) is 0 Å². The van der Waals surface area contributed by atoms with Gasteiger partial charge >= 0.3 is 0 Å². The number of para-hydroxylation sites is 1. The number of rotatable bonds is 1. The highest BCUT2D eigenvalue weighted by Crippen LogP contribution is 2.66. The molecular formula is C23H26N2. The third kappa shape index (κ3) is 1.78. The Hall–Kier alpha value is -1.83. The number of hydrogen-bond acceptors (Lipinski definition) is 2. The van der Waals surface area contributed by atoms with Crippen molar-refractivity contribution in [3.8, 4) is 0 Å². The van der Waals surface area contributed by atoms with Gasteiger partial charge in [0.25, 0.3) is 0 Å². The minimum absolute atomic E-state index is 0.360. The van der Waals surface area contributed by atoms with Crippen molar-refractivity contribution in [3.05, 3.63) is 53.7 Å². The second-order valence-electron chi connectivity index (χ2n) is 9.09. The van der Waals surface area contributed by atoms with Gasteiger partial charge in [-0.2, -0.15) is 0 Å². The first kappa shape index (κ1) is 14.4. The summed E-state index contributed by atoms with van der Waals surface area (Å²) in [6, 6.07) is 13.4. The average Bonchev–Trinajstić information content (AvgIpc) is 2.96.